The number of halogens is 1. The van der Waals surface area contributed by atoms with Crippen molar-refractivity contribution in [3.8, 4) is 0 Å². The molecule has 1 fully saturated rings. The van der Waals surface area contributed by atoms with Crippen LogP contribution >= 0.6 is 11.6 Å². The fourth-order valence-electron chi connectivity index (χ4n) is 2.01. The maximum Gasteiger partial charge on any atom is 0.201 e. The van der Waals surface area contributed by atoms with Crippen molar-refractivity contribution in [1.82, 2.24) is 0 Å². The van der Waals surface area contributed by atoms with Gasteiger partial charge in [-0.3, -0.25) is 9.59 Å². The zero-order valence-electron chi connectivity index (χ0n) is 12.8. The first-order valence-electron chi connectivity index (χ1n) is 7.16. The molecule has 2 rings (SSSR count). The first-order chi connectivity index (χ1) is 10.8. The maximum atomic E-state index is 12.6. The second-order valence-corrected chi connectivity index (χ2v) is 7.79. The third kappa shape index (κ3) is 4.20. The molecule has 124 valence electrons. The smallest absolute Gasteiger partial charge is 0.201 e. The summed E-state index contributed by atoms with van der Waals surface area (Å²) in [5.41, 5.74) is 0.0300. The van der Waals surface area contributed by atoms with Gasteiger partial charge in [0.1, 0.15) is 5.57 Å². The molecule has 0 radical (unpaired) electrons. The van der Waals surface area contributed by atoms with Crippen molar-refractivity contribution in [3.05, 3.63) is 40.6 Å². The third-order valence-corrected chi connectivity index (χ3v) is 4.86. The number of hydrogen-bond acceptors (Lipinski definition) is 5. The molecule has 0 bridgehead atoms. The van der Waals surface area contributed by atoms with E-state index in [1.165, 1.54) is 24.5 Å². The topological polar surface area (TPSA) is 77.5 Å². The van der Waals surface area contributed by atoms with Crippen LogP contribution in [0.4, 0.5) is 0 Å². The summed E-state index contributed by atoms with van der Waals surface area (Å²) < 4.78 is 28.1. The van der Waals surface area contributed by atoms with Crippen LogP contribution in [-0.2, 0) is 19.4 Å². The summed E-state index contributed by atoms with van der Waals surface area (Å²) in [6.07, 6.45) is 3.74. The number of benzene rings is 1. The third-order valence-electron chi connectivity index (χ3n) is 3.44. The number of ketones is 2. The Hall–Kier alpha value is -1.66. The highest BCUT2D eigenvalue weighted by atomic mass is 35.5. The number of ether oxygens (including phenoxy) is 1. The van der Waals surface area contributed by atoms with Crippen LogP contribution in [0.5, 0.6) is 0 Å². The molecule has 0 saturated heterocycles. The van der Waals surface area contributed by atoms with E-state index in [4.69, 9.17) is 16.3 Å². The number of rotatable bonds is 7. The van der Waals surface area contributed by atoms with Crippen LogP contribution in [0.3, 0.4) is 0 Å². The van der Waals surface area contributed by atoms with E-state index in [-0.39, 0.29) is 32.8 Å². The van der Waals surface area contributed by atoms with Gasteiger partial charge < -0.3 is 4.74 Å². The van der Waals surface area contributed by atoms with Gasteiger partial charge in [0.25, 0.3) is 0 Å². The molecule has 0 spiro atoms. The van der Waals surface area contributed by atoms with Gasteiger partial charge in [0.15, 0.2) is 15.6 Å². The van der Waals surface area contributed by atoms with Gasteiger partial charge in [0.05, 0.1) is 22.8 Å². The number of Topliss-reactive ketones (excluding diaryl/α,β-unsaturated/α-hetero) is 2. The molecule has 1 aliphatic carbocycles. The van der Waals surface area contributed by atoms with Crippen molar-refractivity contribution < 1.29 is 22.7 Å². The number of sulfone groups is 1. The summed E-state index contributed by atoms with van der Waals surface area (Å²) in [6, 6.07) is 3.83. The molecular weight excluding hydrogens is 340 g/mol. The molecule has 0 unspecified atom stereocenters. The van der Waals surface area contributed by atoms with Crippen LogP contribution in [0.1, 0.15) is 30.1 Å². The highest BCUT2D eigenvalue weighted by Crippen LogP contribution is 2.34. The van der Waals surface area contributed by atoms with E-state index in [9.17, 15) is 18.0 Å². The van der Waals surface area contributed by atoms with Crippen LogP contribution in [-0.4, -0.2) is 32.8 Å². The van der Waals surface area contributed by atoms with E-state index < -0.39 is 15.6 Å². The lowest BCUT2D eigenvalue weighted by Gasteiger charge is -2.08. The first kappa shape index (κ1) is 17.7. The molecule has 1 saturated carbocycles. The number of hydrogen-bond donors (Lipinski definition) is 0. The molecule has 0 amide bonds. The predicted molar refractivity (Wildman–Crippen MR) is 86.3 cm³/mol. The van der Waals surface area contributed by atoms with Crippen molar-refractivity contribution in [3.63, 3.8) is 0 Å². The van der Waals surface area contributed by atoms with Gasteiger partial charge in [-0.05, 0) is 38.0 Å². The summed E-state index contributed by atoms with van der Waals surface area (Å²) in [7, 11) is -3.42. The fraction of sp³-hybridized carbons (Fsp3) is 0.375. The second kappa shape index (κ2) is 6.84. The van der Waals surface area contributed by atoms with Crippen LogP contribution in [0.15, 0.2) is 34.9 Å². The van der Waals surface area contributed by atoms with Crippen LogP contribution in [0.25, 0.3) is 0 Å². The predicted octanol–water partition coefficient (Wildman–Crippen LogP) is 2.83. The average molecular weight is 357 g/mol. The molecule has 5 nitrogen and oxygen atoms in total. The van der Waals surface area contributed by atoms with Crippen molar-refractivity contribution in [2.45, 2.75) is 24.7 Å². The zero-order valence-corrected chi connectivity index (χ0v) is 14.4. The summed E-state index contributed by atoms with van der Waals surface area (Å²) in [4.78, 5) is 24.9. The van der Waals surface area contributed by atoms with Crippen molar-refractivity contribution in [2.75, 3.05) is 12.9 Å². The Kier molecular flexibility index (Phi) is 5.26. The molecule has 0 heterocycles. The molecule has 0 atom stereocenters. The molecule has 0 aromatic heterocycles. The summed E-state index contributed by atoms with van der Waals surface area (Å²) in [5, 5.41) is -0.0103. The summed E-state index contributed by atoms with van der Waals surface area (Å²) in [5.74, 6) is -0.952. The molecular formula is C16H17ClO5S. The number of allylic oxidation sites excluding steroid dienone is 1. The van der Waals surface area contributed by atoms with E-state index in [2.05, 4.69) is 0 Å². The molecule has 0 aliphatic heterocycles. The monoisotopic (exact) mass is 356 g/mol. The van der Waals surface area contributed by atoms with Crippen molar-refractivity contribution in [2.24, 2.45) is 5.92 Å². The van der Waals surface area contributed by atoms with Gasteiger partial charge in [-0.1, -0.05) is 11.6 Å². The quantitative estimate of drug-likeness (QED) is 0.247. The lowest BCUT2D eigenvalue weighted by molar-refractivity contribution is -0.116. The van der Waals surface area contributed by atoms with Gasteiger partial charge >= 0.3 is 0 Å². The highest BCUT2D eigenvalue weighted by Gasteiger charge is 2.35. The fourth-order valence-corrected chi connectivity index (χ4v) is 2.99. The molecule has 0 N–H and O–H groups in total. The zero-order chi connectivity index (χ0) is 17.2. The normalized spacial score (nSPS) is 15.3. The van der Waals surface area contributed by atoms with Crippen LogP contribution < -0.4 is 0 Å². The second-order valence-electron chi connectivity index (χ2n) is 5.37. The number of carbonyl (C=O) groups excluding carboxylic acids is 2. The molecule has 1 aliphatic rings. The van der Waals surface area contributed by atoms with Gasteiger partial charge in [-0.2, -0.15) is 0 Å². The van der Waals surface area contributed by atoms with E-state index in [0.29, 0.717) is 6.61 Å². The maximum absolute atomic E-state index is 12.6. The molecule has 23 heavy (non-hydrogen) atoms. The van der Waals surface area contributed by atoms with Crippen LogP contribution in [0, 0.1) is 5.92 Å². The standard InChI is InChI=1S/C16H17ClO5S/c1-3-22-9-13(15(18)10-4-5-10)16(19)12-7-6-11(8-14(12)17)23(2,20)21/h6-10H,3-5H2,1-2H3/b13-9-. The van der Waals surface area contributed by atoms with Gasteiger partial charge in [-0.15, -0.1) is 0 Å². The average Bonchev–Trinajstić information content (AvgIpc) is 3.30. The Morgan fingerprint density at radius 1 is 1.35 bits per heavy atom. The lowest BCUT2D eigenvalue weighted by Crippen LogP contribution is -2.16. The van der Waals surface area contributed by atoms with Gasteiger partial charge in [0.2, 0.25) is 5.78 Å². The van der Waals surface area contributed by atoms with E-state index in [1.807, 2.05) is 0 Å². The Bertz CT molecular complexity index is 776. The Labute approximate surface area is 140 Å². The van der Waals surface area contributed by atoms with E-state index in [0.717, 1.165) is 19.1 Å². The SMILES string of the molecule is CCO/C=C(\C(=O)c1ccc(S(C)(=O)=O)cc1Cl)C(=O)C1CC1. The minimum Gasteiger partial charge on any atom is -0.501 e. The molecule has 1 aromatic carbocycles. The lowest BCUT2D eigenvalue weighted by atomic mass is 9.98. The number of carbonyl (C=O) groups is 2. The minimum atomic E-state index is -3.42. The molecule has 7 heteroatoms. The van der Waals surface area contributed by atoms with E-state index in [1.54, 1.807) is 6.92 Å². The van der Waals surface area contributed by atoms with Gasteiger partial charge in [0, 0.05) is 17.7 Å². The summed E-state index contributed by atoms with van der Waals surface area (Å²) in [6.45, 7) is 2.07. The Balaban J connectivity index is 2.38. The van der Waals surface area contributed by atoms with Crippen LogP contribution in [0.2, 0.25) is 5.02 Å². The Morgan fingerprint density at radius 3 is 2.48 bits per heavy atom. The van der Waals surface area contributed by atoms with Gasteiger partial charge in [-0.25, -0.2) is 8.42 Å². The first-order valence-corrected chi connectivity index (χ1v) is 9.43. The van der Waals surface area contributed by atoms with Crippen molar-refractivity contribution >= 4 is 33.0 Å². The Morgan fingerprint density at radius 2 is 2.00 bits per heavy atom. The molecule has 1 aromatic rings. The van der Waals surface area contributed by atoms with E-state index >= 15 is 0 Å². The van der Waals surface area contributed by atoms with Crippen molar-refractivity contribution in [1.29, 1.82) is 0 Å². The highest BCUT2D eigenvalue weighted by molar-refractivity contribution is 7.90. The summed E-state index contributed by atoms with van der Waals surface area (Å²) >= 11 is 6.04. The minimum absolute atomic E-state index is 0.0103. The largest absolute Gasteiger partial charge is 0.501 e.